The Morgan fingerprint density at radius 2 is 1.96 bits per heavy atom. The molecule has 0 spiro atoms. The number of rotatable bonds is 6. The van der Waals surface area contributed by atoms with E-state index in [1.807, 2.05) is 11.6 Å². The van der Waals surface area contributed by atoms with Crippen LogP contribution in [0.5, 0.6) is 0 Å². The van der Waals surface area contributed by atoms with Gasteiger partial charge in [0.2, 0.25) is 14.8 Å². The molecule has 1 aromatic rings. The molecule has 0 aromatic carbocycles. The van der Waals surface area contributed by atoms with E-state index in [1.165, 1.54) is 0 Å². The van der Waals surface area contributed by atoms with Gasteiger partial charge >= 0.3 is 0 Å². The van der Waals surface area contributed by atoms with Crippen LogP contribution in [0.2, 0.25) is 0 Å². The van der Waals surface area contributed by atoms with Crippen LogP contribution in [0.1, 0.15) is 52.8 Å². The zero-order valence-corrected chi connectivity index (χ0v) is 16.6. The summed E-state index contributed by atoms with van der Waals surface area (Å²) in [5.41, 5.74) is -0.0661. The molecule has 2 heterocycles. The van der Waals surface area contributed by atoms with Crippen LogP contribution in [-0.2, 0) is 22.1 Å². The van der Waals surface area contributed by atoms with Crippen molar-refractivity contribution in [2.24, 2.45) is 0 Å². The number of hydrogen-bond donors (Lipinski definition) is 2. The summed E-state index contributed by atoms with van der Waals surface area (Å²) >= 11 is 5.34. The Balaban J connectivity index is 1.90. The third-order valence-corrected chi connectivity index (χ3v) is 6.09. The largest absolute Gasteiger partial charge is 0.284 e. The van der Waals surface area contributed by atoms with Gasteiger partial charge in [-0.05, 0) is 31.5 Å². The normalized spacial score (nSPS) is 18.2. The fourth-order valence-electron chi connectivity index (χ4n) is 2.76. The second-order valence-corrected chi connectivity index (χ2v) is 9.74. The molecule has 24 heavy (non-hydrogen) atoms. The lowest BCUT2D eigenvalue weighted by molar-refractivity contribution is 0.157. The monoisotopic (exact) mass is 375 g/mol. The molecule has 1 aliphatic heterocycles. The van der Waals surface area contributed by atoms with E-state index >= 15 is 0 Å². The zero-order chi connectivity index (χ0) is 18.0. The van der Waals surface area contributed by atoms with E-state index in [2.05, 4.69) is 40.5 Å². The zero-order valence-electron chi connectivity index (χ0n) is 15.0. The minimum Gasteiger partial charge on any atom is -0.284 e. The summed E-state index contributed by atoms with van der Waals surface area (Å²) in [6, 6.07) is 0.0395. The highest BCUT2D eigenvalue weighted by Gasteiger charge is 2.24. The lowest BCUT2D eigenvalue weighted by Gasteiger charge is -2.32. The van der Waals surface area contributed by atoms with Crippen molar-refractivity contribution in [1.82, 2.24) is 24.4 Å². The SMILES string of the molecule is CCCS(=O)(=O)NC1CCN(Cn2[nH]c(C(C)(C)C)nc2=S)CC1. The van der Waals surface area contributed by atoms with Crippen molar-refractivity contribution in [3.05, 3.63) is 10.6 Å². The van der Waals surface area contributed by atoms with Crippen molar-refractivity contribution >= 4 is 22.2 Å². The molecule has 1 aromatic heterocycles. The summed E-state index contributed by atoms with van der Waals surface area (Å²) in [7, 11) is -3.13. The van der Waals surface area contributed by atoms with Crippen LogP contribution >= 0.6 is 12.2 Å². The van der Waals surface area contributed by atoms with Crippen LogP contribution < -0.4 is 4.72 Å². The molecule has 2 rings (SSSR count). The first-order valence-electron chi connectivity index (χ1n) is 8.50. The average molecular weight is 376 g/mol. The third-order valence-electron chi connectivity index (χ3n) is 4.14. The second-order valence-electron chi connectivity index (χ2n) is 7.50. The summed E-state index contributed by atoms with van der Waals surface area (Å²) in [4.78, 5) is 6.70. The molecule has 2 N–H and O–H groups in total. The van der Waals surface area contributed by atoms with Crippen LogP contribution in [0.15, 0.2) is 0 Å². The first-order chi connectivity index (χ1) is 11.1. The lowest BCUT2D eigenvalue weighted by Crippen LogP contribution is -2.45. The number of piperidine rings is 1. The van der Waals surface area contributed by atoms with E-state index in [0.717, 1.165) is 31.8 Å². The molecule has 1 fully saturated rings. The first kappa shape index (κ1) is 19.6. The van der Waals surface area contributed by atoms with Crippen molar-refractivity contribution < 1.29 is 8.42 Å². The smallest absolute Gasteiger partial charge is 0.217 e. The average Bonchev–Trinajstić information content (AvgIpc) is 2.82. The summed E-state index contributed by atoms with van der Waals surface area (Å²) in [5, 5.41) is 3.28. The Morgan fingerprint density at radius 1 is 1.33 bits per heavy atom. The maximum absolute atomic E-state index is 11.9. The van der Waals surface area contributed by atoms with E-state index in [9.17, 15) is 8.42 Å². The minimum atomic E-state index is -3.13. The molecular weight excluding hydrogens is 346 g/mol. The minimum absolute atomic E-state index is 0.0395. The Hall–Kier alpha value is -0.770. The highest BCUT2D eigenvalue weighted by Crippen LogP contribution is 2.18. The highest BCUT2D eigenvalue weighted by molar-refractivity contribution is 7.89. The van der Waals surface area contributed by atoms with Gasteiger partial charge in [-0.15, -0.1) is 0 Å². The quantitative estimate of drug-likeness (QED) is 0.743. The van der Waals surface area contributed by atoms with Gasteiger partial charge in [-0.1, -0.05) is 27.7 Å². The molecule has 0 aliphatic carbocycles. The molecule has 138 valence electrons. The van der Waals surface area contributed by atoms with Gasteiger partial charge in [-0.25, -0.2) is 22.8 Å². The van der Waals surface area contributed by atoms with Crippen LogP contribution in [-0.4, -0.2) is 53.0 Å². The Labute approximate surface area is 149 Å². The first-order valence-corrected chi connectivity index (χ1v) is 10.6. The van der Waals surface area contributed by atoms with Gasteiger partial charge in [0.05, 0.1) is 12.4 Å². The number of H-pyrrole nitrogens is 1. The van der Waals surface area contributed by atoms with Crippen LogP contribution in [0, 0.1) is 4.77 Å². The Morgan fingerprint density at radius 3 is 2.46 bits per heavy atom. The molecule has 0 unspecified atom stereocenters. The second kappa shape index (κ2) is 7.63. The molecule has 9 heteroatoms. The molecule has 0 atom stereocenters. The molecule has 0 saturated carbocycles. The third kappa shape index (κ3) is 5.37. The fourth-order valence-corrected chi connectivity index (χ4v) is 4.36. The number of aromatic amines is 1. The number of nitrogens with one attached hydrogen (secondary N) is 2. The van der Waals surface area contributed by atoms with Gasteiger partial charge in [0.1, 0.15) is 5.82 Å². The van der Waals surface area contributed by atoms with E-state index in [-0.39, 0.29) is 17.2 Å². The van der Waals surface area contributed by atoms with Gasteiger partial charge < -0.3 is 0 Å². The Bertz CT molecular complexity index is 694. The molecule has 7 nitrogen and oxygen atoms in total. The maximum Gasteiger partial charge on any atom is 0.217 e. The van der Waals surface area contributed by atoms with Crippen LogP contribution in [0.3, 0.4) is 0 Å². The van der Waals surface area contributed by atoms with Crippen molar-refractivity contribution in [3.63, 3.8) is 0 Å². The number of likely N-dealkylation sites (tertiary alicyclic amines) is 1. The van der Waals surface area contributed by atoms with Gasteiger partial charge in [-0.2, -0.15) is 0 Å². The van der Waals surface area contributed by atoms with Crippen molar-refractivity contribution in [3.8, 4) is 0 Å². The van der Waals surface area contributed by atoms with Gasteiger partial charge in [0.15, 0.2) is 0 Å². The molecule has 0 amide bonds. The summed E-state index contributed by atoms with van der Waals surface area (Å²) in [6.45, 7) is 10.5. The van der Waals surface area contributed by atoms with E-state index in [1.54, 1.807) is 0 Å². The number of hydrogen-bond acceptors (Lipinski definition) is 5. The predicted octanol–water partition coefficient (Wildman–Crippen LogP) is 1.99. The highest BCUT2D eigenvalue weighted by atomic mass is 32.2. The van der Waals surface area contributed by atoms with Crippen LogP contribution in [0.4, 0.5) is 0 Å². The molecule has 0 radical (unpaired) electrons. The number of aromatic nitrogens is 3. The van der Waals surface area contributed by atoms with Crippen LogP contribution in [0.25, 0.3) is 0 Å². The van der Waals surface area contributed by atoms with Crippen molar-refractivity contribution in [2.45, 2.75) is 65.1 Å². The summed E-state index contributed by atoms with van der Waals surface area (Å²) < 4.78 is 29.0. The maximum atomic E-state index is 11.9. The fraction of sp³-hybridized carbons (Fsp3) is 0.867. The van der Waals surface area contributed by atoms with E-state index < -0.39 is 10.0 Å². The topological polar surface area (TPSA) is 83.0 Å². The molecule has 1 aliphatic rings. The summed E-state index contributed by atoms with van der Waals surface area (Å²) in [6.07, 6.45) is 2.27. The van der Waals surface area contributed by atoms with Gasteiger partial charge in [0.25, 0.3) is 0 Å². The van der Waals surface area contributed by atoms with E-state index in [0.29, 0.717) is 17.9 Å². The standard InChI is InChI=1S/C15H29N5O2S2/c1-5-10-24(21,22)18-12-6-8-19(9-7-12)11-20-14(23)16-13(17-20)15(2,3)4/h12,18H,5-11H2,1-4H3,(H,16,17,23). The lowest BCUT2D eigenvalue weighted by atomic mass is 9.96. The molecule has 1 saturated heterocycles. The van der Waals surface area contributed by atoms with Gasteiger partial charge in [-0.3, -0.25) is 10.00 Å². The van der Waals surface area contributed by atoms with Crippen molar-refractivity contribution in [2.75, 3.05) is 18.8 Å². The molecular formula is C15H29N5O2S2. The van der Waals surface area contributed by atoms with Crippen molar-refractivity contribution in [1.29, 1.82) is 0 Å². The Kier molecular flexibility index (Phi) is 6.22. The summed E-state index contributed by atoms with van der Waals surface area (Å²) in [5.74, 6) is 1.08. The number of sulfonamides is 1. The van der Waals surface area contributed by atoms with Gasteiger partial charge in [0, 0.05) is 24.5 Å². The predicted molar refractivity (Wildman–Crippen MR) is 97.9 cm³/mol. The number of nitrogens with zero attached hydrogens (tertiary/aromatic N) is 3. The van der Waals surface area contributed by atoms with E-state index in [4.69, 9.17) is 12.2 Å². The molecule has 0 bridgehead atoms.